The van der Waals surface area contributed by atoms with E-state index < -0.39 is 0 Å². The largest absolute Gasteiger partial charge is 0.394 e. The molecule has 0 bridgehead atoms. The van der Waals surface area contributed by atoms with Gasteiger partial charge in [0, 0.05) is 6.20 Å². The monoisotopic (exact) mass is 187 g/mol. The molecule has 2 aromatic rings. The van der Waals surface area contributed by atoms with Gasteiger partial charge in [-0.1, -0.05) is 6.07 Å². The first kappa shape index (κ1) is 8.50. The molecular formula is C10H9N3O. The first-order valence-electron chi connectivity index (χ1n) is 4.17. The van der Waals surface area contributed by atoms with Crippen LogP contribution in [0.2, 0.25) is 0 Å². The van der Waals surface area contributed by atoms with Crippen LogP contribution >= 0.6 is 0 Å². The highest BCUT2D eigenvalue weighted by Crippen LogP contribution is 2.11. The third-order valence-corrected chi connectivity index (χ3v) is 1.88. The molecule has 0 aliphatic rings. The van der Waals surface area contributed by atoms with Crippen LogP contribution in [0.5, 0.6) is 0 Å². The van der Waals surface area contributed by atoms with Crippen LogP contribution in [0.25, 0.3) is 11.4 Å². The quantitative estimate of drug-likeness (QED) is 0.700. The summed E-state index contributed by atoms with van der Waals surface area (Å²) in [5, 5.41) is 0. The highest BCUT2D eigenvalue weighted by Gasteiger charge is 1.99. The molecule has 0 saturated heterocycles. The maximum atomic E-state index is 11.2. The Labute approximate surface area is 80.4 Å². The second-order valence-corrected chi connectivity index (χ2v) is 2.87. The molecule has 0 aliphatic heterocycles. The van der Waals surface area contributed by atoms with Crippen molar-refractivity contribution >= 4 is 5.69 Å². The minimum absolute atomic E-state index is 0.213. The fraction of sp³-hybridized carbons (Fsp3) is 0. The van der Waals surface area contributed by atoms with Gasteiger partial charge in [0.15, 0.2) is 0 Å². The Morgan fingerprint density at radius 2 is 2.07 bits per heavy atom. The van der Waals surface area contributed by atoms with E-state index in [9.17, 15) is 4.79 Å². The van der Waals surface area contributed by atoms with E-state index in [-0.39, 0.29) is 11.2 Å². The van der Waals surface area contributed by atoms with Crippen molar-refractivity contribution in [3.05, 3.63) is 46.9 Å². The maximum Gasteiger partial charge on any atom is 0.271 e. The molecular weight excluding hydrogens is 178 g/mol. The predicted molar refractivity (Wildman–Crippen MR) is 54.7 cm³/mol. The Hall–Kier alpha value is -2.10. The maximum absolute atomic E-state index is 11.2. The average Bonchev–Trinajstić information content (AvgIpc) is 2.23. The van der Waals surface area contributed by atoms with Gasteiger partial charge in [0.25, 0.3) is 5.56 Å². The van der Waals surface area contributed by atoms with Crippen molar-refractivity contribution in [3.8, 4) is 11.4 Å². The zero-order valence-electron chi connectivity index (χ0n) is 7.40. The van der Waals surface area contributed by atoms with E-state index in [1.807, 2.05) is 18.2 Å². The molecule has 0 aliphatic carbocycles. The smallest absolute Gasteiger partial charge is 0.271 e. The van der Waals surface area contributed by atoms with E-state index in [2.05, 4.69) is 9.97 Å². The number of hydrogen-bond donors (Lipinski definition) is 2. The van der Waals surface area contributed by atoms with E-state index in [0.29, 0.717) is 5.69 Å². The fourth-order valence-corrected chi connectivity index (χ4v) is 1.16. The minimum Gasteiger partial charge on any atom is -0.394 e. The number of nitrogen functional groups attached to an aromatic ring is 1. The summed E-state index contributed by atoms with van der Waals surface area (Å²) in [6.45, 7) is 0. The summed E-state index contributed by atoms with van der Waals surface area (Å²) in [6.07, 6.45) is 1.67. The number of hydrogen-bond acceptors (Lipinski definition) is 3. The van der Waals surface area contributed by atoms with E-state index in [1.54, 1.807) is 18.3 Å². The van der Waals surface area contributed by atoms with Crippen LogP contribution in [0.1, 0.15) is 0 Å². The van der Waals surface area contributed by atoms with Crippen LogP contribution in [0.15, 0.2) is 41.3 Å². The highest BCUT2D eigenvalue weighted by molar-refractivity contribution is 5.55. The zero-order chi connectivity index (χ0) is 9.97. The lowest BCUT2D eigenvalue weighted by molar-refractivity contribution is 1.20. The molecule has 0 saturated carbocycles. The lowest BCUT2D eigenvalue weighted by Crippen LogP contribution is -2.11. The number of rotatable bonds is 1. The number of anilines is 1. The molecule has 0 radical (unpaired) electrons. The molecule has 4 nitrogen and oxygen atoms in total. The first-order chi connectivity index (χ1) is 6.77. The summed E-state index contributed by atoms with van der Waals surface area (Å²) in [5.74, 6) is 0. The molecule has 0 fully saturated rings. The molecule has 0 unspecified atom stereocenters. The molecule has 0 spiro atoms. The average molecular weight is 187 g/mol. The van der Waals surface area contributed by atoms with Gasteiger partial charge in [-0.3, -0.25) is 9.78 Å². The number of nitrogens with two attached hydrogens (primary N) is 1. The van der Waals surface area contributed by atoms with Gasteiger partial charge in [0.2, 0.25) is 0 Å². The lowest BCUT2D eigenvalue weighted by Gasteiger charge is -1.99. The summed E-state index contributed by atoms with van der Waals surface area (Å²) < 4.78 is 0. The van der Waals surface area contributed by atoms with Gasteiger partial charge in [0.05, 0.1) is 17.1 Å². The topological polar surface area (TPSA) is 71.8 Å². The number of nitrogens with one attached hydrogen (secondary N) is 1. The molecule has 14 heavy (non-hydrogen) atoms. The number of aromatic nitrogens is 2. The standard InChI is InChI=1S/C10H9N3O/c11-7-4-5-9(13-10(7)14)8-3-1-2-6-12-8/h1-6H,11H2,(H,13,14). The fourth-order valence-electron chi connectivity index (χ4n) is 1.16. The van der Waals surface area contributed by atoms with Gasteiger partial charge in [-0.25, -0.2) is 0 Å². The molecule has 3 N–H and O–H groups in total. The third-order valence-electron chi connectivity index (χ3n) is 1.88. The second kappa shape index (κ2) is 3.33. The van der Waals surface area contributed by atoms with Crippen molar-refractivity contribution in [2.75, 3.05) is 5.73 Å². The molecule has 4 heteroatoms. The van der Waals surface area contributed by atoms with Crippen LogP contribution in [-0.4, -0.2) is 9.97 Å². The molecule has 2 rings (SSSR count). The van der Waals surface area contributed by atoms with Gasteiger partial charge in [-0.05, 0) is 24.3 Å². The van der Waals surface area contributed by atoms with E-state index in [4.69, 9.17) is 5.73 Å². The van der Waals surface area contributed by atoms with Crippen LogP contribution in [0.4, 0.5) is 5.69 Å². The van der Waals surface area contributed by atoms with Gasteiger partial charge in [-0.2, -0.15) is 0 Å². The van der Waals surface area contributed by atoms with Gasteiger partial charge >= 0.3 is 0 Å². The van der Waals surface area contributed by atoms with Crippen molar-refractivity contribution in [2.24, 2.45) is 0 Å². The summed E-state index contributed by atoms with van der Waals surface area (Å²) >= 11 is 0. The van der Waals surface area contributed by atoms with Crippen molar-refractivity contribution in [1.82, 2.24) is 9.97 Å². The van der Waals surface area contributed by atoms with Crippen molar-refractivity contribution in [1.29, 1.82) is 0 Å². The van der Waals surface area contributed by atoms with Crippen LogP contribution < -0.4 is 11.3 Å². The molecule has 0 amide bonds. The first-order valence-corrected chi connectivity index (χ1v) is 4.17. The SMILES string of the molecule is Nc1ccc(-c2ccccn2)[nH]c1=O. The summed E-state index contributed by atoms with van der Waals surface area (Å²) in [7, 11) is 0. The lowest BCUT2D eigenvalue weighted by atomic mass is 10.2. The van der Waals surface area contributed by atoms with Gasteiger partial charge in [0.1, 0.15) is 0 Å². The zero-order valence-corrected chi connectivity index (χ0v) is 7.40. The Morgan fingerprint density at radius 1 is 1.21 bits per heavy atom. The van der Waals surface area contributed by atoms with E-state index >= 15 is 0 Å². The Balaban J connectivity index is 2.54. The second-order valence-electron chi connectivity index (χ2n) is 2.87. The van der Waals surface area contributed by atoms with Crippen molar-refractivity contribution in [2.45, 2.75) is 0 Å². The number of nitrogens with zero attached hydrogens (tertiary/aromatic N) is 1. The predicted octanol–water partition coefficient (Wildman–Crippen LogP) is 1.02. The Bertz CT molecular complexity index is 490. The van der Waals surface area contributed by atoms with Crippen LogP contribution in [0, 0.1) is 0 Å². The minimum atomic E-state index is -0.284. The van der Waals surface area contributed by atoms with Gasteiger partial charge < -0.3 is 10.7 Å². The van der Waals surface area contributed by atoms with E-state index in [0.717, 1.165) is 5.69 Å². The summed E-state index contributed by atoms with van der Waals surface area (Å²) in [6, 6.07) is 8.80. The highest BCUT2D eigenvalue weighted by atomic mass is 16.1. The van der Waals surface area contributed by atoms with Crippen LogP contribution in [-0.2, 0) is 0 Å². The molecule has 2 heterocycles. The number of H-pyrrole nitrogens is 1. The number of pyridine rings is 2. The molecule has 2 aromatic heterocycles. The number of aromatic amines is 1. The third kappa shape index (κ3) is 1.50. The van der Waals surface area contributed by atoms with Gasteiger partial charge in [-0.15, -0.1) is 0 Å². The van der Waals surface area contributed by atoms with E-state index in [1.165, 1.54) is 0 Å². The molecule has 70 valence electrons. The summed E-state index contributed by atoms with van der Waals surface area (Å²) in [5.41, 5.74) is 6.73. The Morgan fingerprint density at radius 3 is 2.71 bits per heavy atom. The van der Waals surface area contributed by atoms with Crippen molar-refractivity contribution in [3.63, 3.8) is 0 Å². The van der Waals surface area contributed by atoms with Crippen LogP contribution in [0.3, 0.4) is 0 Å². The molecule has 0 atom stereocenters. The molecule has 0 aromatic carbocycles. The van der Waals surface area contributed by atoms with Crippen molar-refractivity contribution < 1.29 is 0 Å². The Kier molecular flexibility index (Phi) is 2.02. The summed E-state index contributed by atoms with van der Waals surface area (Å²) in [4.78, 5) is 18.0. The normalized spacial score (nSPS) is 10.0.